The summed E-state index contributed by atoms with van der Waals surface area (Å²) in [6.45, 7) is 7.41. The Balaban J connectivity index is 1.55. The predicted molar refractivity (Wildman–Crippen MR) is 160 cm³/mol. The van der Waals surface area contributed by atoms with Gasteiger partial charge in [-0.25, -0.2) is 13.2 Å². The summed E-state index contributed by atoms with van der Waals surface area (Å²) in [5.41, 5.74) is 3.57. The van der Waals surface area contributed by atoms with E-state index >= 15 is 0 Å². The molecule has 0 atom stereocenters. The van der Waals surface area contributed by atoms with Gasteiger partial charge in [0.1, 0.15) is 34.0 Å². The van der Waals surface area contributed by atoms with E-state index in [0.29, 0.717) is 24.1 Å². The number of hydrogen-bond donors (Lipinski definition) is 5. The summed E-state index contributed by atoms with van der Waals surface area (Å²) in [7, 11) is -2.81. The van der Waals surface area contributed by atoms with Gasteiger partial charge >= 0.3 is 6.09 Å². The number of nitrogens with zero attached hydrogens (tertiary/aromatic N) is 3. The number of hydroxylamine groups is 1. The smallest absolute Gasteiger partial charge is 0.407 e. The molecule has 0 saturated heterocycles. The third kappa shape index (κ3) is 7.96. The standard InChI is InChI=1S/C28H35N7O8S/c1-6-17-7-8-20(41-16-24(29)32-37)23(11-17)44(38,39)34-26-25-21(40-5)9-18(10-22(25)43-33-26)14-35-15-19(13-31-35)12-30-27(36)42-28(2,3)4/h7-11,13,15,37H,6,12,14,16H2,1-5H3,(H2,29,32)(H,30,36)(H,33,34). The number of sulfonamides is 1. The van der Waals surface area contributed by atoms with E-state index in [4.69, 9.17) is 29.4 Å². The number of fused-ring (bicyclic) bond motifs is 1. The fourth-order valence-electron chi connectivity index (χ4n) is 4.14. The lowest BCUT2D eigenvalue weighted by molar-refractivity contribution is 0.0523. The fraction of sp³-hybridized carbons (Fsp3) is 0.357. The molecule has 0 spiro atoms. The highest BCUT2D eigenvalue weighted by molar-refractivity contribution is 7.92. The first-order valence-electron chi connectivity index (χ1n) is 13.5. The number of anilines is 1. The van der Waals surface area contributed by atoms with E-state index < -0.39 is 21.7 Å². The molecule has 0 aliphatic rings. The third-order valence-electron chi connectivity index (χ3n) is 6.13. The molecule has 0 saturated carbocycles. The predicted octanol–water partition coefficient (Wildman–Crippen LogP) is 3.80. The minimum atomic E-state index is -4.25. The number of methoxy groups -OCH3 is 1. The zero-order chi connectivity index (χ0) is 32.1. The van der Waals surface area contributed by atoms with Gasteiger partial charge in [0.05, 0.1) is 19.9 Å². The molecule has 0 unspecified atom stereocenters. The van der Waals surface area contributed by atoms with Crippen molar-refractivity contribution in [2.24, 2.45) is 0 Å². The van der Waals surface area contributed by atoms with E-state index in [1.54, 1.807) is 61.5 Å². The second kappa shape index (κ2) is 13.2. The Bertz CT molecular complexity index is 1760. The summed E-state index contributed by atoms with van der Waals surface area (Å²) in [5.74, 6) is -0.142. The van der Waals surface area contributed by atoms with Gasteiger partial charge in [0, 0.05) is 18.3 Å². The third-order valence-corrected chi connectivity index (χ3v) is 7.49. The number of aryl methyl sites for hydroxylation is 1. The maximum Gasteiger partial charge on any atom is 0.407 e. The number of nitrogens with one attached hydrogen (secondary N) is 4. The topological polar surface area (TPSA) is 203 Å². The van der Waals surface area contributed by atoms with Crippen molar-refractivity contribution < 1.29 is 37.2 Å². The van der Waals surface area contributed by atoms with Gasteiger partial charge in [-0.2, -0.15) is 5.10 Å². The van der Waals surface area contributed by atoms with Gasteiger partial charge in [-0.05, 0) is 62.6 Å². The van der Waals surface area contributed by atoms with E-state index in [2.05, 4.69) is 20.3 Å². The van der Waals surface area contributed by atoms with E-state index in [-0.39, 0.29) is 41.0 Å². The maximum absolute atomic E-state index is 13.5. The van der Waals surface area contributed by atoms with E-state index in [1.165, 1.54) is 19.2 Å². The van der Waals surface area contributed by atoms with Gasteiger partial charge in [-0.1, -0.05) is 18.1 Å². The normalized spacial score (nSPS) is 11.7. The monoisotopic (exact) mass is 629 g/mol. The Kier molecular flexibility index (Phi) is 9.64. The summed E-state index contributed by atoms with van der Waals surface area (Å²) in [6.07, 6.45) is 3.44. The van der Waals surface area contributed by atoms with Crippen molar-refractivity contribution in [3.63, 3.8) is 0 Å². The van der Waals surface area contributed by atoms with Crippen LogP contribution in [-0.4, -0.2) is 59.8 Å². The minimum Gasteiger partial charge on any atom is -0.496 e. The van der Waals surface area contributed by atoms with Crippen LogP contribution in [0.15, 0.2) is 52.1 Å². The highest BCUT2D eigenvalue weighted by atomic mass is 32.2. The van der Waals surface area contributed by atoms with Crippen molar-refractivity contribution in [1.82, 2.24) is 25.7 Å². The summed E-state index contributed by atoms with van der Waals surface area (Å²) >= 11 is 0. The van der Waals surface area contributed by atoms with Crippen molar-refractivity contribution >= 4 is 38.7 Å². The average molecular weight is 630 g/mol. The van der Waals surface area contributed by atoms with Crippen LogP contribution in [0.4, 0.5) is 10.6 Å². The number of aromatic nitrogens is 3. The van der Waals surface area contributed by atoms with Crippen LogP contribution in [0.2, 0.25) is 0 Å². The first kappa shape index (κ1) is 32.1. The number of ether oxygens (including phenoxy) is 3. The number of alkyl carbamates (subject to hydrolysis) is 1. The lowest BCUT2D eigenvalue weighted by Gasteiger charge is -2.19. The van der Waals surface area contributed by atoms with Gasteiger partial charge in [0.2, 0.25) is 0 Å². The molecule has 2 heterocycles. The van der Waals surface area contributed by atoms with Gasteiger partial charge in [0.25, 0.3) is 10.0 Å². The fourth-order valence-corrected chi connectivity index (χ4v) is 5.34. The molecule has 1 amide bonds. The molecule has 5 N–H and O–H groups in total. The molecule has 0 fully saturated rings. The van der Waals surface area contributed by atoms with Crippen LogP contribution < -0.4 is 25.0 Å². The Morgan fingerprint density at radius 2 is 1.91 bits per heavy atom. The molecular formula is C28H35N7O8S. The minimum absolute atomic E-state index is 0.0170. The number of amidine groups is 1. The Morgan fingerprint density at radius 3 is 2.59 bits per heavy atom. The van der Waals surface area contributed by atoms with Crippen molar-refractivity contribution in [2.45, 2.75) is 57.7 Å². The Hall–Kier alpha value is -4.83. The van der Waals surface area contributed by atoms with Crippen LogP contribution in [0.5, 0.6) is 11.5 Å². The van der Waals surface area contributed by atoms with Crippen LogP contribution in [-0.2, 0) is 34.3 Å². The quantitative estimate of drug-likeness (QED) is 0.0866. The van der Waals surface area contributed by atoms with E-state index in [1.807, 2.05) is 6.92 Å². The molecule has 2 aromatic carbocycles. The molecule has 236 valence electrons. The SMILES string of the molecule is CCc1ccc(OCC(=N)NO)c(S(=O)(=O)Nc2noc3cc(Cn4cc(CNC(=O)OC(C)(C)C)cn4)cc(OC)c23)c1. The molecule has 16 heteroatoms. The van der Waals surface area contributed by atoms with E-state index in [9.17, 15) is 13.2 Å². The molecule has 4 rings (SSSR count). The van der Waals surface area contributed by atoms with Crippen LogP contribution in [0.3, 0.4) is 0 Å². The second-order valence-electron chi connectivity index (χ2n) is 10.7. The van der Waals surface area contributed by atoms with Crippen molar-refractivity contribution in [2.75, 3.05) is 18.4 Å². The molecule has 0 aliphatic heterocycles. The number of hydrogen-bond acceptors (Lipinski definition) is 11. The first-order chi connectivity index (χ1) is 20.8. The Labute approximate surface area is 254 Å². The molecule has 44 heavy (non-hydrogen) atoms. The van der Waals surface area contributed by atoms with Crippen molar-refractivity contribution in [3.05, 3.63) is 59.4 Å². The maximum atomic E-state index is 13.5. The lowest BCUT2D eigenvalue weighted by Crippen LogP contribution is -2.32. The Morgan fingerprint density at radius 1 is 1.14 bits per heavy atom. The summed E-state index contributed by atoms with van der Waals surface area (Å²) in [4.78, 5) is 11.8. The second-order valence-corrected chi connectivity index (χ2v) is 12.4. The number of rotatable bonds is 12. The molecule has 0 bridgehead atoms. The molecule has 2 aromatic heterocycles. The number of amides is 1. The molecule has 15 nitrogen and oxygen atoms in total. The highest BCUT2D eigenvalue weighted by Gasteiger charge is 2.25. The average Bonchev–Trinajstić information content (AvgIpc) is 3.59. The van der Waals surface area contributed by atoms with Crippen LogP contribution in [0.25, 0.3) is 11.0 Å². The van der Waals surface area contributed by atoms with Gasteiger partial charge in [-0.3, -0.25) is 25.5 Å². The van der Waals surface area contributed by atoms with Crippen LogP contribution >= 0.6 is 0 Å². The highest BCUT2D eigenvalue weighted by Crippen LogP contribution is 2.36. The van der Waals surface area contributed by atoms with Gasteiger partial charge in [-0.15, -0.1) is 0 Å². The van der Waals surface area contributed by atoms with E-state index in [0.717, 1.165) is 16.7 Å². The van der Waals surface area contributed by atoms with Gasteiger partial charge < -0.3 is 24.1 Å². The van der Waals surface area contributed by atoms with Crippen molar-refractivity contribution in [3.8, 4) is 11.5 Å². The number of carbonyl (C=O) groups excluding carboxylic acids is 1. The number of carbonyl (C=O) groups is 1. The summed E-state index contributed by atoms with van der Waals surface area (Å²) in [6, 6.07) is 8.08. The van der Waals surface area contributed by atoms with Crippen LogP contribution in [0.1, 0.15) is 44.4 Å². The summed E-state index contributed by atoms with van der Waals surface area (Å²) in [5, 5.41) is 27.7. The lowest BCUT2D eigenvalue weighted by atomic mass is 10.1. The number of benzene rings is 2. The summed E-state index contributed by atoms with van der Waals surface area (Å²) < 4.78 is 53.0. The van der Waals surface area contributed by atoms with Crippen LogP contribution in [0, 0.1) is 5.41 Å². The molecular weight excluding hydrogens is 594 g/mol. The largest absolute Gasteiger partial charge is 0.496 e. The molecule has 0 radical (unpaired) electrons. The first-order valence-corrected chi connectivity index (χ1v) is 15.0. The zero-order valence-corrected chi connectivity index (χ0v) is 25.7. The zero-order valence-electron chi connectivity index (χ0n) is 24.9. The van der Waals surface area contributed by atoms with Crippen molar-refractivity contribution in [1.29, 1.82) is 5.41 Å². The molecule has 0 aliphatic carbocycles. The van der Waals surface area contributed by atoms with Gasteiger partial charge in [0.15, 0.2) is 17.2 Å². The molecule has 4 aromatic rings.